The molecule has 94 valence electrons. The lowest BCUT2D eigenvalue weighted by Gasteiger charge is -2.26. The van der Waals surface area contributed by atoms with E-state index in [1.54, 1.807) is 11.1 Å². The van der Waals surface area contributed by atoms with Crippen LogP contribution in [0.2, 0.25) is 0 Å². The molecule has 1 aliphatic carbocycles. The number of rotatable bonds is 2. The summed E-state index contributed by atoms with van der Waals surface area (Å²) in [6.45, 7) is 5.32. The molecule has 2 aromatic rings. The Hall–Kier alpha value is -1.57. The van der Waals surface area contributed by atoms with E-state index in [9.17, 15) is 0 Å². The van der Waals surface area contributed by atoms with E-state index in [0.717, 1.165) is 12.2 Å². The van der Waals surface area contributed by atoms with Crippen molar-refractivity contribution in [1.82, 2.24) is 9.55 Å². The number of benzene rings is 1. The van der Waals surface area contributed by atoms with Crippen LogP contribution in [0.4, 0.5) is 0 Å². The van der Waals surface area contributed by atoms with Crippen LogP contribution in [0.5, 0.6) is 0 Å². The molecule has 0 saturated carbocycles. The first-order chi connectivity index (χ1) is 8.75. The minimum atomic E-state index is 0.655. The molecule has 0 bridgehead atoms. The molecule has 1 aromatic carbocycles. The highest BCUT2D eigenvalue weighted by atomic mass is 15.1. The molecule has 0 radical (unpaired) electrons. The summed E-state index contributed by atoms with van der Waals surface area (Å²) in [6, 6.07) is 8.92. The molecule has 1 unspecified atom stereocenters. The highest BCUT2D eigenvalue weighted by Crippen LogP contribution is 2.32. The van der Waals surface area contributed by atoms with Gasteiger partial charge >= 0.3 is 0 Å². The van der Waals surface area contributed by atoms with Gasteiger partial charge in [-0.15, -0.1) is 0 Å². The summed E-state index contributed by atoms with van der Waals surface area (Å²) in [6.07, 6.45) is 5.85. The Balaban J connectivity index is 1.89. The summed E-state index contributed by atoms with van der Waals surface area (Å²) in [7, 11) is 0. The molecule has 0 spiro atoms. The molecule has 18 heavy (non-hydrogen) atoms. The Morgan fingerprint density at radius 1 is 1.28 bits per heavy atom. The van der Waals surface area contributed by atoms with E-state index >= 15 is 0 Å². The Morgan fingerprint density at radius 3 is 2.89 bits per heavy atom. The lowest BCUT2D eigenvalue weighted by molar-refractivity contribution is 0.478. The Morgan fingerprint density at radius 2 is 2.11 bits per heavy atom. The van der Waals surface area contributed by atoms with E-state index in [-0.39, 0.29) is 0 Å². The van der Waals surface area contributed by atoms with Crippen LogP contribution in [0, 0.1) is 13.8 Å². The number of hydrogen-bond donors (Lipinski definition) is 0. The molecule has 1 atom stereocenters. The second-order valence-electron chi connectivity index (χ2n) is 5.36. The Bertz CT molecular complexity index is 554. The average Bonchev–Trinajstić information content (AvgIpc) is 2.71. The van der Waals surface area contributed by atoms with E-state index in [4.69, 9.17) is 0 Å². The molecule has 0 fully saturated rings. The van der Waals surface area contributed by atoms with Gasteiger partial charge < -0.3 is 4.57 Å². The van der Waals surface area contributed by atoms with Crippen molar-refractivity contribution in [3.05, 3.63) is 53.1 Å². The highest BCUT2D eigenvalue weighted by molar-refractivity contribution is 5.32. The predicted octanol–water partition coefficient (Wildman–Crippen LogP) is 3.62. The quantitative estimate of drug-likeness (QED) is 0.784. The fourth-order valence-electron chi connectivity index (χ4n) is 3.01. The topological polar surface area (TPSA) is 17.8 Å². The van der Waals surface area contributed by atoms with Crippen LogP contribution in [0.3, 0.4) is 0 Å². The summed E-state index contributed by atoms with van der Waals surface area (Å²) >= 11 is 0. The van der Waals surface area contributed by atoms with Crippen molar-refractivity contribution in [2.24, 2.45) is 0 Å². The largest absolute Gasteiger partial charge is 0.334 e. The Kier molecular flexibility index (Phi) is 2.94. The molecule has 0 amide bonds. The molecule has 3 rings (SSSR count). The monoisotopic (exact) mass is 240 g/mol. The predicted molar refractivity (Wildman–Crippen MR) is 73.8 cm³/mol. The first-order valence-corrected chi connectivity index (χ1v) is 6.82. The molecule has 0 aliphatic heterocycles. The first-order valence-electron chi connectivity index (χ1n) is 6.82. The van der Waals surface area contributed by atoms with Gasteiger partial charge in [-0.2, -0.15) is 0 Å². The maximum Gasteiger partial charge on any atom is 0.0951 e. The van der Waals surface area contributed by atoms with Crippen molar-refractivity contribution in [2.45, 2.75) is 45.6 Å². The normalized spacial score (nSPS) is 18.7. The van der Waals surface area contributed by atoms with Gasteiger partial charge in [0.1, 0.15) is 0 Å². The van der Waals surface area contributed by atoms with E-state index < -0.39 is 0 Å². The zero-order valence-electron chi connectivity index (χ0n) is 11.2. The number of aryl methyl sites for hydroxylation is 2. The summed E-state index contributed by atoms with van der Waals surface area (Å²) < 4.78 is 2.31. The zero-order chi connectivity index (χ0) is 12.5. The zero-order valence-corrected chi connectivity index (χ0v) is 11.2. The third-order valence-electron chi connectivity index (χ3n) is 4.26. The van der Waals surface area contributed by atoms with Crippen LogP contribution in [-0.4, -0.2) is 9.55 Å². The van der Waals surface area contributed by atoms with Crippen molar-refractivity contribution in [3.63, 3.8) is 0 Å². The Labute approximate surface area is 109 Å². The fourth-order valence-corrected chi connectivity index (χ4v) is 3.01. The van der Waals surface area contributed by atoms with Crippen molar-refractivity contribution >= 4 is 0 Å². The third kappa shape index (κ3) is 1.96. The van der Waals surface area contributed by atoms with E-state index in [0.29, 0.717) is 5.92 Å². The lowest BCUT2D eigenvalue weighted by atomic mass is 9.83. The fraction of sp³-hybridized carbons (Fsp3) is 0.438. The summed E-state index contributed by atoms with van der Waals surface area (Å²) in [5.74, 6) is 0.655. The molecule has 2 nitrogen and oxygen atoms in total. The van der Waals surface area contributed by atoms with Gasteiger partial charge in [-0.25, -0.2) is 4.98 Å². The van der Waals surface area contributed by atoms with Gasteiger partial charge in [-0.1, -0.05) is 24.3 Å². The molecular formula is C16H20N2. The molecule has 1 heterocycles. The molecule has 1 aliphatic rings. The van der Waals surface area contributed by atoms with Gasteiger partial charge in [-0.3, -0.25) is 0 Å². The van der Waals surface area contributed by atoms with Gasteiger partial charge in [-0.05, 0) is 44.2 Å². The SMILES string of the molecule is Cc1ncn(CC2CCCc3ccccc32)c1C. The second-order valence-corrected chi connectivity index (χ2v) is 5.36. The van der Waals surface area contributed by atoms with Crippen molar-refractivity contribution in [2.75, 3.05) is 0 Å². The second kappa shape index (κ2) is 4.60. The van der Waals surface area contributed by atoms with Gasteiger partial charge in [0.05, 0.1) is 12.0 Å². The van der Waals surface area contributed by atoms with Crippen LogP contribution < -0.4 is 0 Å². The van der Waals surface area contributed by atoms with Crippen molar-refractivity contribution in [1.29, 1.82) is 0 Å². The minimum Gasteiger partial charge on any atom is -0.334 e. The number of hydrogen-bond acceptors (Lipinski definition) is 1. The highest BCUT2D eigenvalue weighted by Gasteiger charge is 2.20. The summed E-state index contributed by atoms with van der Waals surface area (Å²) in [5, 5.41) is 0. The van der Waals surface area contributed by atoms with Crippen LogP contribution in [0.25, 0.3) is 0 Å². The minimum absolute atomic E-state index is 0.655. The number of imidazole rings is 1. The average molecular weight is 240 g/mol. The van der Waals surface area contributed by atoms with Crippen molar-refractivity contribution < 1.29 is 0 Å². The molecule has 1 aromatic heterocycles. The standard InChI is InChI=1S/C16H20N2/c1-12-13(2)18(11-17-12)10-15-8-5-7-14-6-3-4-9-16(14)15/h3-4,6,9,11,15H,5,7-8,10H2,1-2H3. The van der Waals surface area contributed by atoms with E-state index in [1.807, 2.05) is 6.33 Å². The molecule has 0 N–H and O–H groups in total. The molecular weight excluding hydrogens is 220 g/mol. The van der Waals surface area contributed by atoms with E-state index in [1.165, 1.54) is 25.0 Å². The number of fused-ring (bicyclic) bond motifs is 1. The van der Waals surface area contributed by atoms with E-state index in [2.05, 4.69) is 47.7 Å². The van der Waals surface area contributed by atoms with Gasteiger partial charge in [0, 0.05) is 18.2 Å². The van der Waals surface area contributed by atoms with Crippen LogP contribution in [0.1, 0.15) is 41.3 Å². The third-order valence-corrected chi connectivity index (χ3v) is 4.26. The first kappa shape index (κ1) is 11.5. The maximum atomic E-state index is 4.40. The summed E-state index contributed by atoms with van der Waals surface area (Å²) in [5.41, 5.74) is 5.55. The summed E-state index contributed by atoms with van der Waals surface area (Å²) in [4.78, 5) is 4.40. The number of aromatic nitrogens is 2. The van der Waals surface area contributed by atoms with Crippen LogP contribution in [0.15, 0.2) is 30.6 Å². The van der Waals surface area contributed by atoms with Crippen LogP contribution in [-0.2, 0) is 13.0 Å². The number of nitrogens with zero attached hydrogens (tertiary/aromatic N) is 2. The lowest BCUT2D eigenvalue weighted by Crippen LogP contribution is -2.15. The van der Waals surface area contributed by atoms with Gasteiger partial charge in [0.2, 0.25) is 0 Å². The van der Waals surface area contributed by atoms with Crippen molar-refractivity contribution in [3.8, 4) is 0 Å². The molecule has 2 heteroatoms. The smallest absolute Gasteiger partial charge is 0.0951 e. The van der Waals surface area contributed by atoms with Gasteiger partial charge in [0.15, 0.2) is 0 Å². The van der Waals surface area contributed by atoms with Gasteiger partial charge in [0.25, 0.3) is 0 Å². The van der Waals surface area contributed by atoms with Crippen LogP contribution >= 0.6 is 0 Å². The molecule has 0 saturated heterocycles. The maximum absolute atomic E-state index is 4.40.